The topological polar surface area (TPSA) is 39.4 Å². The Bertz CT molecular complexity index is 318. The number of carbonyl (C=O) groups is 1. The summed E-state index contributed by atoms with van der Waals surface area (Å²) in [6.07, 6.45) is 1.44. The predicted octanol–water partition coefficient (Wildman–Crippen LogP) is 2.75. The number of carbonyl (C=O) groups excluding carboxylic acids is 1. The highest BCUT2D eigenvalue weighted by Crippen LogP contribution is 2.24. The number of ether oxygens (including phenoxy) is 1. The normalized spacial score (nSPS) is 11.4. The average Bonchev–Trinajstić information content (AvgIpc) is 2.51. The Morgan fingerprint density at radius 1 is 1.50 bits per heavy atom. The predicted molar refractivity (Wildman–Crippen MR) is 53.4 cm³/mol. The van der Waals surface area contributed by atoms with Crippen molar-refractivity contribution < 1.29 is 13.9 Å². The third-order valence-electron chi connectivity index (χ3n) is 1.85. The number of hydrogen-bond acceptors (Lipinski definition) is 3. The molecular weight excluding hydrogens is 180 g/mol. The summed E-state index contributed by atoms with van der Waals surface area (Å²) >= 11 is 0. The van der Waals surface area contributed by atoms with Gasteiger partial charge in [0.1, 0.15) is 12.0 Å². The fraction of sp³-hybridized carbons (Fsp3) is 0.545. The lowest BCUT2D eigenvalue weighted by Gasteiger charge is -2.13. The monoisotopic (exact) mass is 196 g/mol. The molecule has 0 aliphatic heterocycles. The van der Waals surface area contributed by atoms with Gasteiger partial charge in [-0.1, -0.05) is 20.8 Å². The zero-order valence-corrected chi connectivity index (χ0v) is 9.09. The van der Waals surface area contributed by atoms with Crippen LogP contribution in [0, 0.1) is 0 Å². The van der Waals surface area contributed by atoms with Crippen LogP contribution in [-0.4, -0.2) is 12.6 Å². The van der Waals surface area contributed by atoms with Gasteiger partial charge in [-0.25, -0.2) is 4.79 Å². The molecule has 0 N–H and O–H groups in total. The van der Waals surface area contributed by atoms with Gasteiger partial charge in [0.05, 0.1) is 12.2 Å². The smallest absolute Gasteiger partial charge is 0.341 e. The molecule has 0 aromatic carbocycles. The third-order valence-corrected chi connectivity index (χ3v) is 1.85. The van der Waals surface area contributed by atoms with Crippen molar-refractivity contribution in [3.63, 3.8) is 0 Å². The van der Waals surface area contributed by atoms with Crippen LogP contribution >= 0.6 is 0 Å². The minimum absolute atomic E-state index is 0.0786. The Hall–Kier alpha value is -1.25. The second-order valence-corrected chi connectivity index (χ2v) is 4.17. The van der Waals surface area contributed by atoms with Gasteiger partial charge < -0.3 is 9.15 Å². The molecule has 1 heterocycles. The Morgan fingerprint density at radius 2 is 2.14 bits per heavy atom. The molecule has 0 spiro atoms. The standard InChI is InChI=1S/C11H16O3/c1-5-13-10(12)8-6-9(14-7-8)11(2,3)4/h6-7H,5H2,1-4H3. The molecule has 0 aliphatic carbocycles. The molecular formula is C11H16O3. The van der Waals surface area contributed by atoms with Crippen LogP contribution in [0.1, 0.15) is 43.8 Å². The minimum Gasteiger partial charge on any atom is -0.468 e. The van der Waals surface area contributed by atoms with E-state index in [1.807, 2.05) is 20.8 Å². The first-order chi connectivity index (χ1) is 6.45. The van der Waals surface area contributed by atoms with Crippen LogP contribution in [-0.2, 0) is 10.2 Å². The number of esters is 1. The Labute approximate surface area is 84.1 Å². The number of hydrogen-bond donors (Lipinski definition) is 0. The van der Waals surface area contributed by atoms with Gasteiger partial charge in [0.2, 0.25) is 0 Å². The number of rotatable bonds is 2. The lowest BCUT2D eigenvalue weighted by molar-refractivity contribution is 0.0525. The van der Waals surface area contributed by atoms with Gasteiger partial charge in [-0.15, -0.1) is 0 Å². The Kier molecular flexibility index (Phi) is 2.99. The van der Waals surface area contributed by atoms with Crippen LogP contribution in [0.4, 0.5) is 0 Å². The molecule has 3 heteroatoms. The first-order valence-electron chi connectivity index (χ1n) is 4.71. The van der Waals surface area contributed by atoms with E-state index in [0.29, 0.717) is 12.2 Å². The Balaban J connectivity index is 2.83. The van der Waals surface area contributed by atoms with E-state index in [1.165, 1.54) is 6.26 Å². The zero-order chi connectivity index (χ0) is 10.8. The molecule has 0 unspecified atom stereocenters. The van der Waals surface area contributed by atoms with Gasteiger partial charge in [-0.3, -0.25) is 0 Å². The summed E-state index contributed by atoms with van der Waals surface area (Å²) in [6, 6.07) is 1.73. The van der Waals surface area contributed by atoms with E-state index >= 15 is 0 Å². The van der Waals surface area contributed by atoms with Gasteiger partial charge in [-0.2, -0.15) is 0 Å². The molecule has 0 saturated carbocycles. The van der Waals surface area contributed by atoms with E-state index in [1.54, 1.807) is 13.0 Å². The molecule has 0 saturated heterocycles. The molecule has 78 valence electrons. The summed E-state index contributed by atoms with van der Waals surface area (Å²) in [6.45, 7) is 8.25. The molecule has 0 atom stereocenters. The molecule has 1 rings (SSSR count). The van der Waals surface area contributed by atoms with Gasteiger partial charge in [-0.05, 0) is 13.0 Å². The van der Waals surface area contributed by atoms with E-state index < -0.39 is 0 Å². The quantitative estimate of drug-likeness (QED) is 0.683. The van der Waals surface area contributed by atoms with E-state index in [4.69, 9.17) is 9.15 Å². The van der Waals surface area contributed by atoms with Crippen molar-refractivity contribution in [1.29, 1.82) is 0 Å². The maximum atomic E-state index is 11.3. The second kappa shape index (κ2) is 3.86. The van der Waals surface area contributed by atoms with Crippen LogP contribution in [0.15, 0.2) is 16.7 Å². The minimum atomic E-state index is -0.327. The molecule has 14 heavy (non-hydrogen) atoms. The molecule has 0 amide bonds. The summed E-state index contributed by atoms with van der Waals surface area (Å²) in [5.41, 5.74) is 0.404. The molecule has 3 nitrogen and oxygen atoms in total. The molecule has 0 fully saturated rings. The van der Waals surface area contributed by atoms with Crippen LogP contribution in [0.25, 0.3) is 0 Å². The van der Waals surface area contributed by atoms with Crippen molar-refractivity contribution in [3.05, 3.63) is 23.7 Å². The highest BCUT2D eigenvalue weighted by atomic mass is 16.5. The van der Waals surface area contributed by atoms with Crippen LogP contribution < -0.4 is 0 Å². The lowest BCUT2D eigenvalue weighted by atomic mass is 9.93. The molecule has 0 aliphatic rings. The van der Waals surface area contributed by atoms with Crippen LogP contribution in [0.2, 0.25) is 0 Å². The third kappa shape index (κ3) is 2.37. The van der Waals surface area contributed by atoms with Gasteiger partial charge in [0, 0.05) is 5.41 Å². The number of furan rings is 1. The van der Waals surface area contributed by atoms with Crippen molar-refractivity contribution in [2.75, 3.05) is 6.61 Å². The summed E-state index contributed by atoms with van der Waals surface area (Å²) in [4.78, 5) is 11.3. The molecule has 1 aromatic heterocycles. The summed E-state index contributed by atoms with van der Waals surface area (Å²) < 4.78 is 10.2. The van der Waals surface area contributed by atoms with Gasteiger partial charge in [0.25, 0.3) is 0 Å². The molecule has 0 radical (unpaired) electrons. The second-order valence-electron chi connectivity index (χ2n) is 4.17. The summed E-state index contributed by atoms with van der Waals surface area (Å²) in [7, 11) is 0. The van der Waals surface area contributed by atoms with E-state index in [9.17, 15) is 4.79 Å². The van der Waals surface area contributed by atoms with Crippen molar-refractivity contribution >= 4 is 5.97 Å². The highest BCUT2D eigenvalue weighted by Gasteiger charge is 2.20. The van der Waals surface area contributed by atoms with E-state index in [0.717, 1.165) is 5.76 Å². The molecule has 0 bridgehead atoms. The van der Waals surface area contributed by atoms with Gasteiger partial charge >= 0.3 is 5.97 Å². The van der Waals surface area contributed by atoms with Crippen molar-refractivity contribution in [2.45, 2.75) is 33.1 Å². The van der Waals surface area contributed by atoms with E-state index in [-0.39, 0.29) is 11.4 Å². The Morgan fingerprint density at radius 3 is 2.57 bits per heavy atom. The lowest BCUT2D eigenvalue weighted by Crippen LogP contribution is -2.09. The van der Waals surface area contributed by atoms with Crippen molar-refractivity contribution in [3.8, 4) is 0 Å². The van der Waals surface area contributed by atoms with E-state index in [2.05, 4.69) is 0 Å². The highest BCUT2D eigenvalue weighted by molar-refractivity contribution is 5.89. The summed E-state index contributed by atoms with van der Waals surface area (Å²) in [5.74, 6) is 0.465. The van der Waals surface area contributed by atoms with Crippen molar-refractivity contribution in [1.82, 2.24) is 0 Å². The fourth-order valence-corrected chi connectivity index (χ4v) is 1.05. The largest absolute Gasteiger partial charge is 0.468 e. The maximum absolute atomic E-state index is 11.3. The van der Waals surface area contributed by atoms with Crippen LogP contribution in [0.5, 0.6) is 0 Å². The SMILES string of the molecule is CCOC(=O)c1coc(C(C)(C)C)c1. The maximum Gasteiger partial charge on any atom is 0.341 e. The zero-order valence-electron chi connectivity index (χ0n) is 9.09. The van der Waals surface area contributed by atoms with Crippen LogP contribution in [0.3, 0.4) is 0 Å². The summed E-state index contributed by atoms with van der Waals surface area (Å²) in [5, 5.41) is 0. The first kappa shape index (κ1) is 10.8. The fourth-order valence-electron chi connectivity index (χ4n) is 1.05. The van der Waals surface area contributed by atoms with Gasteiger partial charge in [0.15, 0.2) is 0 Å². The molecule has 1 aromatic rings. The first-order valence-corrected chi connectivity index (χ1v) is 4.71. The average molecular weight is 196 g/mol. The van der Waals surface area contributed by atoms with Crippen molar-refractivity contribution in [2.24, 2.45) is 0 Å².